The number of carboxylic acids is 1. The lowest BCUT2D eigenvalue weighted by Gasteiger charge is -2.37. The van der Waals surface area contributed by atoms with Crippen LogP contribution in [0.25, 0.3) is 11.1 Å². The van der Waals surface area contributed by atoms with Crippen LogP contribution in [0.15, 0.2) is 35.3 Å². The smallest absolute Gasteiger partial charge is 0.490 e. The van der Waals surface area contributed by atoms with Crippen molar-refractivity contribution in [3.05, 3.63) is 51.9 Å². The fourth-order valence-electron chi connectivity index (χ4n) is 4.82. The van der Waals surface area contributed by atoms with Crippen molar-refractivity contribution in [3.8, 4) is 16.9 Å². The van der Waals surface area contributed by atoms with E-state index >= 15 is 0 Å². The largest absolute Gasteiger partial charge is 0.496 e. The predicted molar refractivity (Wildman–Crippen MR) is 140 cm³/mol. The summed E-state index contributed by atoms with van der Waals surface area (Å²) in [6.45, 7) is 8.53. The first-order valence-corrected chi connectivity index (χ1v) is 12.8. The molecule has 1 aromatic carbocycles. The zero-order valence-electron chi connectivity index (χ0n) is 22.4. The quantitative estimate of drug-likeness (QED) is 0.588. The minimum atomic E-state index is -5.08. The van der Waals surface area contributed by atoms with Gasteiger partial charge in [0.2, 0.25) is 0 Å². The second kappa shape index (κ2) is 13.1. The van der Waals surface area contributed by atoms with Gasteiger partial charge in [-0.2, -0.15) is 13.2 Å². The zero-order chi connectivity index (χ0) is 28.7. The molecule has 3 heterocycles. The number of piperidine rings is 1. The van der Waals surface area contributed by atoms with E-state index < -0.39 is 12.1 Å². The van der Waals surface area contributed by atoms with Crippen molar-refractivity contribution in [2.75, 3.05) is 52.9 Å². The Labute approximate surface area is 225 Å². The minimum absolute atomic E-state index is 0.00758. The lowest BCUT2D eigenvalue weighted by molar-refractivity contribution is -0.192. The topological polar surface area (TPSA) is 104 Å². The number of aromatic nitrogens is 1. The van der Waals surface area contributed by atoms with Crippen molar-refractivity contribution in [1.82, 2.24) is 19.7 Å². The Bertz CT molecular complexity index is 1190. The molecule has 2 fully saturated rings. The average Bonchev–Trinajstić information content (AvgIpc) is 2.91. The van der Waals surface area contributed by atoms with Crippen molar-refractivity contribution in [2.24, 2.45) is 13.0 Å². The molecule has 2 aliphatic rings. The summed E-state index contributed by atoms with van der Waals surface area (Å²) in [5.41, 5.74) is 3.11. The summed E-state index contributed by atoms with van der Waals surface area (Å²) in [6.07, 6.45) is -0.775. The number of aliphatic carboxylic acids is 1. The molecule has 1 aromatic heterocycles. The van der Waals surface area contributed by atoms with Crippen LogP contribution >= 0.6 is 0 Å². The Morgan fingerprint density at radius 3 is 2.23 bits per heavy atom. The number of rotatable bonds is 5. The van der Waals surface area contributed by atoms with E-state index in [-0.39, 0.29) is 11.5 Å². The Kier molecular flexibility index (Phi) is 10.1. The van der Waals surface area contributed by atoms with E-state index in [1.807, 2.05) is 42.3 Å². The first kappa shape index (κ1) is 30.2. The molecule has 1 amide bonds. The average molecular weight is 553 g/mol. The van der Waals surface area contributed by atoms with Crippen LogP contribution in [0.4, 0.5) is 13.2 Å². The third-order valence-electron chi connectivity index (χ3n) is 7.00. The van der Waals surface area contributed by atoms with Gasteiger partial charge in [-0.05, 0) is 68.1 Å². The number of alkyl halides is 3. The first-order valence-electron chi connectivity index (χ1n) is 12.8. The van der Waals surface area contributed by atoms with Crippen molar-refractivity contribution in [2.45, 2.75) is 25.9 Å². The van der Waals surface area contributed by atoms with Gasteiger partial charge in [-0.1, -0.05) is 6.07 Å². The minimum Gasteiger partial charge on any atom is -0.496 e. The van der Waals surface area contributed by atoms with Gasteiger partial charge < -0.3 is 24.6 Å². The maximum Gasteiger partial charge on any atom is 0.490 e. The van der Waals surface area contributed by atoms with Crippen LogP contribution in [-0.4, -0.2) is 90.4 Å². The van der Waals surface area contributed by atoms with Gasteiger partial charge in [-0.15, -0.1) is 0 Å². The maximum atomic E-state index is 13.3. The fraction of sp³-hybridized carbons (Fsp3) is 0.519. The molecule has 2 aromatic rings. The number of ether oxygens (including phenoxy) is 1. The van der Waals surface area contributed by atoms with E-state index in [1.54, 1.807) is 18.7 Å². The molecule has 0 saturated carbocycles. The van der Waals surface area contributed by atoms with E-state index in [0.29, 0.717) is 16.9 Å². The highest BCUT2D eigenvalue weighted by Crippen LogP contribution is 2.28. The number of hydrogen-bond donors (Lipinski definition) is 2. The maximum absolute atomic E-state index is 13.3. The third-order valence-corrected chi connectivity index (χ3v) is 7.00. The molecule has 0 unspecified atom stereocenters. The second-order valence-electron chi connectivity index (χ2n) is 9.83. The number of methoxy groups -OCH3 is 1. The van der Waals surface area contributed by atoms with E-state index in [4.69, 9.17) is 14.6 Å². The number of nitrogens with one attached hydrogen (secondary N) is 1. The van der Waals surface area contributed by atoms with Crippen molar-refractivity contribution >= 4 is 11.9 Å². The van der Waals surface area contributed by atoms with E-state index in [0.717, 1.165) is 62.9 Å². The molecule has 39 heavy (non-hydrogen) atoms. The number of aryl methyl sites for hydroxylation is 2. The number of pyridine rings is 1. The number of amides is 1. The van der Waals surface area contributed by atoms with E-state index in [1.165, 1.54) is 12.8 Å². The Balaban J connectivity index is 0.000000532. The summed E-state index contributed by atoms with van der Waals surface area (Å²) < 4.78 is 38.9. The Morgan fingerprint density at radius 1 is 1.08 bits per heavy atom. The standard InChI is InChI=1S/C25H34N4O3.C2HF3O2/c1-18-14-21(17-27(2)24(18)30)20-4-5-22(23(15-20)32-3)25(31)29-12-10-28(11-13-29)16-19-6-8-26-9-7-19;3-2(4,5)1(6)7/h4-5,14-15,17,19,26H,6-13,16H2,1-3H3;(H,6,7). The highest BCUT2D eigenvalue weighted by atomic mass is 19.4. The van der Waals surface area contributed by atoms with Crippen LogP contribution in [0, 0.1) is 12.8 Å². The lowest BCUT2D eigenvalue weighted by atomic mass is 9.97. The number of carboxylic acid groups (broad SMARTS) is 1. The molecule has 2 saturated heterocycles. The summed E-state index contributed by atoms with van der Waals surface area (Å²) in [6, 6.07) is 7.54. The second-order valence-corrected chi connectivity index (χ2v) is 9.83. The highest BCUT2D eigenvalue weighted by Gasteiger charge is 2.38. The normalized spacial score (nSPS) is 16.8. The molecular formula is C27H35F3N4O5. The van der Waals surface area contributed by atoms with Gasteiger partial charge in [0, 0.05) is 51.5 Å². The van der Waals surface area contributed by atoms with Crippen LogP contribution in [-0.2, 0) is 11.8 Å². The zero-order valence-corrected chi connectivity index (χ0v) is 22.4. The van der Waals surface area contributed by atoms with Crippen LogP contribution in [0.3, 0.4) is 0 Å². The number of nitrogens with zero attached hydrogens (tertiary/aromatic N) is 3. The number of carbonyl (C=O) groups is 2. The predicted octanol–water partition coefficient (Wildman–Crippen LogP) is 2.76. The molecule has 0 bridgehead atoms. The summed E-state index contributed by atoms with van der Waals surface area (Å²) in [5, 5.41) is 10.6. The lowest BCUT2D eigenvalue weighted by Crippen LogP contribution is -2.50. The van der Waals surface area contributed by atoms with Crippen LogP contribution in [0.5, 0.6) is 5.75 Å². The SMILES string of the molecule is COc1cc(-c2cc(C)c(=O)n(C)c2)ccc1C(=O)N1CCN(CC2CCNCC2)CC1.O=C(O)C(F)(F)F. The van der Waals surface area contributed by atoms with Gasteiger partial charge in [0.05, 0.1) is 12.7 Å². The molecule has 9 nitrogen and oxygen atoms in total. The van der Waals surface area contributed by atoms with Gasteiger partial charge in [-0.3, -0.25) is 14.5 Å². The van der Waals surface area contributed by atoms with Crippen LogP contribution in [0.2, 0.25) is 0 Å². The summed E-state index contributed by atoms with van der Waals surface area (Å²) in [5.74, 6) is -1.40. The molecule has 0 spiro atoms. The number of carbonyl (C=O) groups excluding carboxylic acids is 1. The molecular weight excluding hydrogens is 517 g/mol. The van der Waals surface area contributed by atoms with Gasteiger partial charge in [0.15, 0.2) is 0 Å². The number of halogens is 3. The summed E-state index contributed by atoms with van der Waals surface area (Å²) in [7, 11) is 3.34. The first-order chi connectivity index (χ1) is 18.4. The van der Waals surface area contributed by atoms with Crippen molar-refractivity contribution in [1.29, 1.82) is 0 Å². The summed E-state index contributed by atoms with van der Waals surface area (Å²) in [4.78, 5) is 38.6. The molecule has 0 atom stereocenters. The number of hydrogen-bond acceptors (Lipinski definition) is 6. The molecule has 4 rings (SSSR count). The van der Waals surface area contributed by atoms with Crippen molar-refractivity contribution < 1.29 is 32.6 Å². The monoisotopic (exact) mass is 552 g/mol. The van der Waals surface area contributed by atoms with Gasteiger partial charge in [0.25, 0.3) is 11.5 Å². The van der Waals surface area contributed by atoms with E-state index in [2.05, 4.69) is 10.2 Å². The summed E-state index contributed by atoms with van der Waals surface area (Å²) >= 11 is 0. The van der Waals surface area contributed by atoms with Crippen molar-refractivity contribution in [3.63, 3.8) is 0 Å². The molecule has 214 valence electrons. The van der Waals surface area contributed by atoms with Crippen LogP contribution < -0.4 is 15.6 Å². The van der Waals surface area contributed by atoms with E-state index in [9.17, 15) is 22.8 Å². The number of piperazine rings is 1. The van der Waals surface area contributed by atoms with Crippen LogP contribution in [0.1, 0.15) is 28.8 Å². The highest BCUT2D eigenvalue weighted by molar-refractivity contribution is 5.97. The van der Waals surface area contributed by atoms with Gasteiger partial charge in [0.1, 0.15) is 5.75 Å². The Morgan fingerprint density at radius 2 is 1.69 bits per heavy atom. The van der Waals surface area contributed by atoms with Gasteiger partial charge >= 0.3 is 12.1 Å². The third kappa shape index (κ3) is 8.06. The Hall–Kier alpha value is -3.38. The number of benzene rings is 1. The molecule has 0 aliphatic carbocycles. The molecule has 2 N–H and O–H groups in total. The molecule has 0 radical (unpaired) electrons. The van der Waals surface area contributed by atoms with Gasteiger partial charge in [-0.25, -0.2) is 4.79 Å². The molecule has 12 heteroatoms. The molecule has 2 aliphatic heterocycles. The fourth-order valence-corrected chi connectivity index (χ4v) is 4.82.